The zero-order valence-electron chi connectivity index (χ0n) is 13.7. The average Bonchev–Trinajstić information content (AvgIpc) is 3.06. The first-order chi connectivity index (χ1) is 11.7. The Morgan fingerprint density at radius 3 is 2.79 bits per heavy atom. The lowest BCUT2D eigenvalue weighted by atomic mass is 9.95. The van der Waals surface area contributed by atoms with E-state index in [9.17, 15) is 4.79 Å². The molecule has 1 saturated heterocycles. The van der Waals surface area contributed by atoms with Crippen LogP contribution in [-0.2, 0) is 13.0 Å². The zero-order chi connectivity index (χ0) is 16.5. The summed E-state index contributed by atoms with van der Waals surface area (Å²) in [5.74, 6) is 1.53. The number of piperidine rings is 1. The third kappa shape index (κ3) is 2.77. The Hall–Kier alpha value is -2.37. The van der Waals surface area contributed by atoms with Crippen molar-refractivity contribution in [1.82, 2.24) is 14.5 Å². The van der Waals surface area contributed by atoms with Gasteiger partial charge in [-0.15, -0.1) is 0 Å². The SMILES string of the molecule is O=C(O)c1cccc(N2CCC(c3ncc4n3CCCC4)CC2)n1. The highest BCUT2D eigenvalue weighted by molar-refractivity contribution is 5.85. The molecule has 4 heterocycles. The lowest BCUT2D eigenvalue weighted by Gasteiger charge is -2.33. The normalized spacial score (nSPS) is 18.4. The standard InChI is InChI=1S/C18H22N4O2/c23-18(24)15-5-3-6-16(20-15)21-10-7-13(8-11-21)17-19-12-14-4-1-2-9-22(14)17/h3,5-6,12-13H,1-2,4,7-11H2,(H,23,24). The summed E-state index contributed by atoms with van der Waals surface area (Å²) in [7, 11) is 0. The van der Waals surface area contributed by atoms with E-state index in [0.29, 0.717) is 5.92 Å². The maximum atomic E-state index is 11.1. The summed E-state index contributed by atoms with van der Waals surface area (Å²) in [5, 5.41) is 9.10. The summed E-state index contributed by atoms with van der Waals surface area (Å²) < 4.78 is 2.42. The Kier molecular flexibility index (Phi) is 3.96. The van der Waals surface area contributed by atoms with E-state index >= 15 is 0 Å². The molecule has 2 aliphatic heterocycles. The van der Waals surface area contributed by atoms with Gasteiger partial charge in [-0.3, -0.25) is 0 Å². The minimum atomic E-state index is -0.976. The van der Waals surface area contributed by atoms with Crippen LogP contribution in [0.15, 0.2) is 24.4 Å². The van der Waals surface area contributed by atoms with E-state index in [1.165, 1.54) is 30.4 Å². The second-order valence-corrected chi connectivity index (χ2v) is 6.66. The van der Waals surface area contributed by atoms with E-state index in [0.717, 1.165) is 44.7 Å². The Labute approximate surface area is 141 Å². The number of anilines is 1. The van der Waals surface area contributed by atoms with E-state index in [1.54, 1.807) is 6.07 Å². The van der Waals surface area contributed by atoms with Crippen LogP contribution in [0.1, 0.15) is 53.6 Å². The maximum absolute atomic E-state index is 11.1. The van der Waals surface area contributed by atoms with Crippen molar-refractivity contribution in [3.63, 3.8) is 0 Å². The van der Waals surface area contributed by atoms with E-state index in [2.05, 4.69) is 20.6 Å². The molecule has 0 aromatic carbocycles. The van der Waals surface area contributed by atoms with Gasteiger partial charge in [0.2, 0.25) is 0 Å². The molecule has 2 aliphatic rings. The minimum absolute atomic E-state index is 0.108. The fourth-order valence-electron chi connectivity index (χ4n) is 3.87. The molecule has 1 N–H and O–H groups in total. The van der Waals surface area contributed by atoms with Crippen molar-refractivity contribution in [2.75, 3.05) is 18.0 Å². The van der Waals surface area contributed by atoms with Gasteiger partial charge in [0, 0.05) is 37.4 Å². The first-order valence-corrected chi connectivity index (χ1v) is 8.72. The number of carbonyl (C=O) groups is 1. The predicted molar refractivity (Wildman–Crippen MR) is 90.5 cm³/mol. The molecule has 0 aliphatic carbocycles. The monoisotopic (exact) mass is 326 g/mol. The van der Waals surface area contributed by atoms with Gasteiger partial charge in [0.1, 0.15) is 11.6 Å². The van der Waals surface area contributed by atoms with Crippen LogP contribution in [0.4, 0.5) is 5.82 Å². The summed E-state index contributed by atoms with van der Waals surface area (Å²) in [6, 6.07) is 5.20. The molecule has 0 atom stereocenters. The molecule has 4 rings (SSSR count). The number of imidazole rings is 1. The molecular formula is C18H22N4O2. The Morgan fingerprint density at radius 2 is 2.00 bits per heavy atom. The van der Waals surface area contributed by atoms with Crippen molar-refractivity contribution >= 4 is 11.8 Å². The highest BCUT2D eigenvalue weighted by atomic mass is 16.4. The van der Waals surface area contributed by atoms with Crippen molar-refractivity contribution < 1.29 is 9.90 Å². The van der Waals surface area contributed by atoms with Crippen LogP contribution >= 0.6 is 0 Å². The smallest absolute Gasteiger partial charge is 0.354 e. The average molecular weight is 326 g/mol. The van der Waals surface area contributed by atoms with Crippen LogP contribution in [0, 0.1) is 0 Å². The van der Waals surface area contributed by atoms with Gasteiger partial charge in [0.25, 0.3) is 0 Å². The molecule has 6 heteroatoms. The van der Waals surface area contributed by atoms with Crippen molar-refractivity contribution in [3.05, 3.63) is 41.6 Å². The molecule has 0 bridgehead atoms. The number of hydrogen-bond donors (Lipinski definition) is 1. The predicted octanol–water partition coefficient (Wildman–Crippen LogP) is 2.70. The largest absolute Gasteiger partial charge is 0.477 e. The van der Waals surface area contributed by atoms with E-state index in [4.69, 9.17) is 10.1 Å². The second-order valence-electron chi connectivity index (χ2n) is 6.66. The van der Waals surface area contributed by atoms with Gasteiger partial charge >= 0.3 is 5.97 Å². The van der Waals surface area contributed by atoms with Crippen molar-refractivity contribution in [3.8, 4) is 0 Å². The summed E-state index contributed by atoms with van der Waals surface area (Å²) in [6.45, 7) is 2.89. The van der Waals surface area contributed by atoms with Crippen LogP contribution in [-0.4, -0.2) is 38.7 Å². The van der Waals surface area contributed by atoms with Gasteiger partial charge in [0.15, 0.2) is 5.69 Å². The molecule has 1 fully saturated rings. The number of aryl methyl sites for hydroxylation is 1. The third-order valence-electron chi connectivity index (χ3n) is 5.17. The van der Waals surface area contributed by atoms with E-state index < -0.39 is 5.97 Å². The quantitative estimate of drug-likeness (QED) is 0.939. The van der Waals surface area contributed by atoms with Crippen LogP contribution in [0.5, 0.6) is 0 Å². The van der Waals surface area contributed by atoms with Crippen molar-refractivity contribution in [1.29, 1.82) is 0 Å². The number of carboxylic acids is 1. The Balaban J connectivity index is 1.46. The first kappa shape index (κ1) is 15.2. The zero-order valence-corrected chi connectivity index (χ0v) is 13.7. The summed E-state index contributed by atoms with van der Waals surface area (Å²) in [5.41, 5.74) is 1.49. The first-order valence-electron chi connectivity index (χ1n) is 8.72. The lowest BCUT2D eigenvalue weighted by Crippen LogP contribution is -2.34. The molecule has 2 aromatic heterocycles. The number of carboxylic acid groups (broad SMARTS) is 1. The van der Waals surface area contributed by atoms with Crippen molar-refractivity contribution in [2.45, 2.75) is 44.6 Å². The second kappa shape index (κ2) is 6.26. The lowest BCUT2D eigenvalue weighted by molar-refractivity contribution is 0.0690. The molecule has 0 unspecified atom stereocenters. The molecule has 126 valence electrons. The number of hydrogen-bond acceptors (Lipinski definition) is 4. The van der Waals surface area contributed by atoms with Gasteiger partial charge in [-0.2, -0.15) is 0 Å². The van der Waals surface area contributed by atoms with Gasteiger partial charge in [-0.05, 0) is 44.2 Å². The Morgan fingerprint density at radius 1 is 1.17 bits per heavy atom. The molecule has 0 spiro atoms. The summed E-state index contributed by atoms with van der Waals surface area (Å²) >= 11 is 0. The van der Waals surface area contributed by atoms with Crippen LogP contribution in [0.3, 0.4) is 0 Å². The number of pyridine rings is 1. The van der Waals surface area contributed by atoms with E-state index in [1.807, 2.05) is 6.07 Å². The molecule has 6 nitrogen and oxygen atoms in total. The fourth-order valence-corrected chi connectivity index (χ4v) is 3.87. The summed E-state index contributed by atoms with van der Waals surface area (Å²) in [4.78, 5) is 22.2. The van der Waals surface area contributed by atoms with Crippen LogP contribution < -0.4 is 4.90 Å². The molecular weight excluding hydrogens is 304 g/mol. The fraction of sp³-hybridized carbons (Fsp3) is 0.500. The molecule has 0 saturated carbocycles. The van der Waals surface area contributed by atoms with Gasteiger partial charge < -0.3 is 14.6 Å². The highest BCUT2D eigenvalue weighted by Crippen LogP contribution is 2.31. The van der Waals surface area contributed by atoms with Crippen molar-refractivity contribution in [2.24, 2.45) is 0 Å². The van der Waals surface area contributed by atoms with E-state index in [-0.39, 0.29) is 5.69 Å². The number of rotatable bonds is 3. The molecule has 2 aromatic rings. The third-order valence-corrected chi connectivity index (χ3v) is 5.17. The number of fused-ring (bicyclic) bond motifs is 1. The minimum Gasteiger partial charge on any atom is -0.477 e. The maximum Gasteiger partial charge on any atom is 0.354 e. The Bertz CT molecular complexity index is 747. The van der Waals surface area contributed by atoms with Crippen LogP contribution in [0.25, 0.3) is 0 Å². The molecule has 0 radical (unpaired) electrons. The van der Waals surface area contributed by atoms with Gasteiger partial charge in [-0.25, -0.2) is 14.8 Å². The number of aromatic carboxylic acids is 1. The summed E-state index contributed by atoms with van der Waals surface area (Å²) in [6.07, 6.45) is 7.80. The van der Waals surface area contributed by atoms with Gasteiger partial charge in [0.05, 0.1) is 0 Å². The van der Waals surface area contributed by atoms with Crippen LogP contribution in [0.2, 0.25) is 0 Å². The number of nitrogens with zero attached hydrogens (tertiary/aromatic N) is 4. The highest BCUT2D eigenvalue weighted by Gasteiger charge is 2.26. The molecule has 24 heavy (non-hydrogen) atoms. The number of aromatic nitrogens is 3. The topological polar surface area (TPSA) is 71.2 Å². The van der Waals surface area contributed by atoms with Gasteiger partial charge in [-0.1, -0.05) is 6.07 Å². The molecule has 0 amide bonds.